The zero-order chi connectivity index (χ0) is 14.2. The monoisotopic (exact) mass is 276 g/mol. The summed E-state index contributed by atoms with van der Waals surface area (Å²) < 4.78 is 2.14. The van der Waals surface area contributed by atoms with Crippen LogP contribution in [0.25, 0.3) is 22.5 Å². The van der Waals surface area contributed by atoms with Crippen molar-refractivity contribution in [3.63, 3.8) is 0 Å². The minimum atomic E-state index is 0.941. The number of hydrogen-bond acceptors (Lipinski definition) is 3. The molecule has 0 spiro atoms. The van der Waals surface area contributed by atoms with Crippen LogP contribution < -0.4 is 5.32 Å². The van der Waals surface area contributed by atoms with Gasteiger partial charge in [0, 0.05) is 30.9 Å². The highest BCUT2D eigenvalue weighted by Crippen LogP contribution is 2.32. The first kappa shape index (κ1) is 12.1. The number of rotatable bonds is 2. The highest BCUT2D eigenvalue weighted by Gasteiger charge is 2.19. The van der Waals surface area contributed by atoms with E-state index in [0.29, 0.717) is 0 Å². The minimum Gasteiger partial charge on any atom is -0.369 e. The number of nitrogens with zero attached hydrogens (tertiary/aromatic N) is 3. The molecule has 0 unspecified atom stereocenters. The van der Waals surface area contributed by atoms with Crippen LogP contribution in [0.3, 0.4) is 0 Å². The number of aryl methyl sites for hydroxylation is 1. The van der Waals surface area contributed by atoms with Crippen molar-refractivity contribution in [3.05, 3.63) is 54.5 Å². The normalized spacial score (nSPS) is 13.0. The second-order valence-electron chi connectivity index (χ2n) is 5.32. The number of aromatic nitrogens is 3. The second-order valence-corrected chi connectivity index (χ2v) is 5.32. The van der Waals surface area contributed by atoms with Crippen molar-refractivity contribution in [3.8, 4) is 22.5 Å². The average Bonchev–Trinajstić information content (AvgIpc) is 3.14. The number of hydrogen-bond donors (Lipinski definition) is 1. The molecule has 0 aliphatic carbocycles. The van der Waals surface area contributed by atoms with Gasteiger partial charge in [0.25, 0.3) is 0 Å². The fourth-order valence-corrected chi connectivity index (χ4v) is 2.92. The van der Waals surface area contributed by atoms with Gasteiger partial charge in [-0.25, -0.2) is 9.97 Å². The molecular formula is C17H16N4. The van der Waals surface area contributed by atoms with E-state index in [1.54, 1.807) is 6.33 Å². The first-order valence-corrected chi connectivity index (χ1v) is 7.13. The molecule has 1 aromatic carbocycles. The SMILES string of the molecule is Cn1cc(-c2ccccc2)cc1-c1ncnc2c1CCN2. The molecule has 0 fully saturated rings. The summed E-state index contributed by atoms with van der Waals surface area (Å²) in [4.78, 5) is 8.83. The maximum absolute atomic E-state index is 4.52. The molecule has 0 atom stereocenters. The molecule has 0 amide bonds. The minimum absolute atomic E-state index is 0.941. The van der Waals surface area contributed by atoms with Crippen LogP contribution in [0.2, 0.25) is 0 Å². The van der Waals surface area contributed by atoms with Gasteiger partial charge in [0.05, 0.1) is 11.4 Å². The molecule has 0 saturated carbocycles. The highest BCUT2D eigenvalue weighted by atomic mass is 15.1. The third-order valence-electron chi connectivity index (χ3n) is 3.97. The Bertz CT molecular complexity index is 790. The number of anilines is 1. The van der Waals surface area contributed by atoms with Crippen molar-refractivity contribution in [2.24, 2.45) is 7.05 Å². The first-order valence-electron chi connectivity index (χ1n) is 7.13. The molecule has 2 aromatic heterocycles. The Hall–Kier alpha value is -2.62. The summed E-state index contributed by atoms with van der Waals surface area (Å²) in [5, 5.41) is 3.31. The topological polar surface area (TPSA) is 42.7 Å². The van der Waals surface area contributed by atoms with E-state index < -0.39 is 0 Å². The van der Waals surface area contributed by atoms with Crippen LogP contribution >= 0.6 is 0 Å². The van der Waals surface area contributed by atoms with E-state index in [1.165, 1.54) is 16.7 Å². The predicted molar refractivity (Wildman–Crippen MR) is 84.1 cm³/mol. The van der Waals surface area contributed by atoms with Gasteiger partial charge in [-0.15, -0.1) is 0 Å². The Morgan fingerprint density at radius 3 is 2.81 bits per heavy atom. The van der Waals surface area contributed by atoms with Crippen LogP contribution in [0.1, 0.15) is 5.56 Å². The third-order valence-corrected chi connectivity index (χ3v) is 3.97. The molecule has 3 aromatic rings. The lowest BCUT2D eigenvalue weighted by atomic mass is 10.1. The van der Waals surface area contributed by atoms with Crippen LogP contribution in [-0.2, 0) is 13.5 Å². The van der Waals surface area contributed by atoms with Gasteiger partial charge in [0.15, 0.2) is 0 Å². The van der Waals surface area contributed by atoms with Gasteiger partial charge in [-0.05, 0) is 18.1 Å². The zero-order valence-electron chi connectivity index (χ0n) is 11.9. The van der Waals surface area contributed by atoms with E-state index in [9.17, 15) is 0 Å². The first-order chi connectivity index (χ1) is 10.3. The molecule has 0 radical (unpaired) electrons. The van der Waals surface area contributed by atoms with E-state index in [0.717, 1.165) is 30.2 Å². The smallest absolute Gasteiger partial charge is 0.133 e. The van der Waals surface area contributed by atoms with E-state index in [4.69, 9.17) is 0 Å². The van der Waals surface area contributed by atoms with Crippen molar-refractivity contribution in [1.29, 1.82) is 0 Å². The molecule has 4 heteroatoms. The van der Waals surface area contributed by atoms with Crippen LogP contribution in [0.5, 0.6) is 0 Å². The lowest BCUT2D eigenvalue weighted by Gasteiger charge is -2.06. The molecule has 0 bridgehead atoms. The van der Waals surface area contributed by atoms with Gasteiger partial charge in [-0.2, -0.15) is 0 Å². The quantitative estimate of drug-likeness (QED) is 0.782. The molecule has 0 saturated heterocycles. The number of benzene rings is 1. The largest absolute Gasteiger partial charge is 0.369 e. The van der Waals surface area contributed by atoms with Gasteiger partial charge in [0.1, 0.15) is 12.1 Å². The standard InChI is InChI=1S/C17H16N4/c1-21-10-13(12-5-3-2-4-6-12)9-15(21)16-14-7-8-18-17(14)20-11-19-16/h2-6,9-11H,7-8H2,1H3,(H,18,19,20). The van der Waals surface area contributed by atoms with E-state index in [2.05, 4.69) is 63.4 Å². The molecule has 21 heavy (non-hydrogen) atoms. The Morgan fingerprint density at radius 2 is 1.95 bits per heavy atom. The van der Waals surface area contributed by atoms with Gasteiger partial charge in [-0.3, -0.25) is 0 Å². The summed E-state index contributed by atoms with van der Waals surface area (Å²) in [6.45, 7) is 0.941. The maximum Gasteiger partial charge on any atom is 0.133 e. The fourth-order valence-electron chi connectivity index (χ4n) is 2.92. The van der Waals surface area contributed by atoms with Crippen LogP contribution in [0.15, 0.2) is 48.9 Å². The van der Waals surface area contributed by atoms with Crippen LogP contribution in [0, 0.1) is 0 Å². The lowest BCUT2D eigenvalue weighted by Crippen LogP contribution is -1.97. The number of nitrogens with one attached hydrogen (secondary N) is 1. The summed E-state index contributed by atoms with van der Waals surface area (Å²) in [6, 6.07) is 12.6. The molecule has 1 N–H and O–H groups in total. The van der Waals surface area contributed by atoms with Crippen molar-refractivity contribution in [2.45, 2.75) is 6.42 Å². The molecule has 1 aliphatic heterocycles. The molecule has 104 valence electrons. The van der Waals surface area contributed by atoms with Crippen LogP contribution in [-0.4, -0.2) is 21.1 Å². The molecule has 3 heterocycles. The Morgan fingerprint density at radius 1 is 1.10 bits per heavy atom. The van der Waals surface area contributed by atoms with E-state index >= 15 is 0 Å². The Kier molecular flexibility index (Phi) is 2.74. The molecular weight excluding hydrogens is 260 g/mol. The summed E-state index contributed by atoms with van der Waals surface area (Å²) in [7, 11) is 2.07. The summed E-state index contributed by atoms with van der Waals surface area (Å²) >= 11 is 0. The summed E-state index contributed by atoms with van der Waals surface area (Å²) in [5.41, 5.74) is 5.83. The maximum atomic E-state index is 4.52. The summed E-state index contributed by atoms with van der Waals surface area (Å²) in [6.07, 6.45) is 4.78. The lowest BCUT2D eigenvalue weighted by molar-refractivity contribution is 0.925. The van der Waals surface area contributed by atoms with Crippen molar-refractivity contribution < 1.29 is 0 Å². The highest BCUT2D eigenvalue weighted by molar-refractivity contribution is 5.74. The van der Waals surface area contributed by atoms with Crippen molar-refractivity contribution >= 4 is 5.82 Å². The fraction of sp³-hybridized carbons (Fsp3) is 0.176. The second kappa shape index (κ2) is 4.74. The zero-order valence-corrected chi connectivity index (χ0v) is 11.9. The Balaban J connectivity index is 1.84. The number of fused-ring (bicyclic) bond motifs is 1. The van der Waals surface area contributed by atoms with Crippen LogP contribution in [0.4, 0.5) is 5.82 Å². The van der Waals surface area contributed by atoms with Crippen molar-refractivity contribution in [2.75, 3.05) is 11.9 Å². The van der Waals surface area contributed by atoms with E-state index in [-0.39, 0.29) is 0 Å². The van der Waals surface area contributed by atoms with Gasteiger partial charge in [0.2, 0.25) is 0 Å². The van der Waals surface area contributed by atoms with Gasteiger partial charge >= 0.3 is 0 Å². The predicted octanol–water partition coefficient (Wildman–Crippen LogP) is 3.12. The van der Waals surface area contributed by atoms with Gasteiger partial charge < -0.3 is 9.88 Å². The molecule has 4 nitrogen and oxygen atoms in total. The van der Waals surface area contributed by atoms with Gasteiger partial charge in [-0.1, -0.05) is 30.3 Å². The molecule has 4 rings (SSSR count). The van der Waals surface area contributed by atoms with E-state index in [1.807, 2.05) is 6.07 Å². The Labute approximate surface area is 123 Å². The average molecular weight is 276 g/mol. The summed E-state index contributed by atoms with van der Waals surface area (Å²) in [5.74, 6) is 0.975. The molecule has 1 aliphatic rings. The van der Waals surface area contributed by atoms with Crippen molar-refractivity contribution in [1.82, 2.24) is 14.5 Å². The third kappa shape index (κ3) is 2.00.